The van der Waals surface area contributed by atoms with Gasteiger partial charge < -0.3 is 14.5 Å². The first-order chi connectivity index (χ1) is 9.77. The van der Waals surface area contributed by atoms with E-state index in [-0.39, 0.29) is 5.82 Å². The number of rotatable bonds is 8. The van der Waals surface area contributed by atoms with Gasteiger partial charge in [-0.25, -0.2) is 4.39 Å². The maximum Gasteiger partial charge on any atom is 0.129 e. The highest BCUT2D eigenvalue weighted by atomic mass is 35.5. The number of hydrogen-bond donors (Lipinski definition) is 1. The number of furan rings is 1. The maximum atomic E-state index is 13.5. The highest BCUT2D eigenvalue weighted by Gasteiger charge is 2.05. The lowest BCUT2D eigenvalue weighted by molar-refractivity contribution is 0.104. The second-order valence-corrected chi connectivity index (χ2v) is 4.77. The van der Waals surface area contributed by atoms with Crippen LogP contribution < -0.4 is 5.32 Å². The zero-order chi connectivity index (χ0) is 14.2. The Balaban J connectivity index is 1.57. The summed E-state index contributed by atoms with van der Waals surface area (Å²) >= 11 is 5.93. The van der Waals surface area contributed by atoms with Crippen molar-refractivity contribution in [3.63, 3.8) is 0 Å². The van der Waals surface area contributed by atoms with Gasteiger partial charge in [0, 0.05) is 23.7 Å². The van der Waals surface area contributed by atoms with E-state index in [2.05, 4.69) is 5.32 Å². The molecule has 1 aromatic heterocycles. The molecular formula is C15H17ClFNO2. The first kappa shape index (κ1) is 15.0. The zero-order valence-corrected chi connectivity index (χ0v) is 11.8. The third-order valence-electron chi connectivity index (χ3n) is 2.83. The van der Waals surface area contributed by atoms with Gasteiger partial charge >= 0.3 is 0 Å². The molecule has 0 aliphatic rings. The molecule has 0 spiro atoms. The second kappa shape index (κ2) is 8.04. The van der Waals surface area contributed by atoms with Crippen molar-refractivity contribution < 1.29 is 13.5 Å². The van der Waals surface area contributed by atoms with Crippen LogP contribution in [-0.4, -0.2) is 13.2 Å². The Hall–Kier alpha value is -1.36. The average molecular weight is 298 g/mol. The van der Waals surface area contributed by atoms with Crippen molar-refractivity contribution in [2.45, 2.75) is 19.6 Å². The summed E-state index contributed by atoms with van der Waals surface area (Å²) in [5.74, 6) is 0.537. The van der Waals surface area contributed by atoms with Crippen LogP contribution in [0.1, 0.15) is 17.7 Å². The van der Waals surface area contributed by atoms with Gasteiger partial charge in [-0.2, -0.15) is 0 Å². The minimum Gasteiger partial charge on any atom is -0.467 e. The molecule has 0 radical (unpaired) electrons. The fourth-order valence-electron chi connectivity index (χ4n) is 1.78. The van der Waals surface area contributed by atoms with Crippen molar-refractivity contribution in [3.05, 3.63) is 58.8 Å². The monoisotopic (exact) mass is 297 g/mol. The molecule has 5 heteroatoms. The third-order valence-corrected chi connectivity index (χ3v) is 3.18. The summed E-state index contributed by atoms with van der Waals surface area (Å²) in [6, 6.07) is 8.41. The normalized spacial score (nSPS) is 10.9. The lowest BCUT2D eigenvalue weighted by atomic mass is 10.2. The van der Waals surface area contributed by atoms with E-state index in [1.807, 2.05) is 12.1 Å². The Bertz CT molecular complexity index is 496. The quantitative estimate of drug-likeness (QED) is 0.753. The van der Waals surface area contributed by atoms with Gasteiger partial charge in [-0.15, -0.1) is 0 Å². The summed E-state index contributed by atoms with van der Waals surface area (Å²) in [6.45, 7) is 2.26. The van der Waals surface area contributed by atoms with Gasteiger partial charge in [0.25, 0.3) is 0 Å². The summed E-state index contributed by atoms with van der Waals surface area (Å²) < 4.78 is 24.1. The summed E-state index contributed by atoms with van der Waals surface area (Å²) in [4.78, 5) is 0. The Morgan fingerprint density at radius 1 is 1.25 bits per heavy atom. The van der Waals surface area contributed by atoms with Crippen LogP contribution in [-0.2, 0) is 17.9 Å². The van der Waals surface area contributed by atoms with Crippen LogP contribution in [0.25, 0.3) is 0 Å². The number of benzene rings is 1. The van der Waals surface area contributed by atoms with Crippen molar-refractivity contribution in [3.8, 4) is 0 Å². The van der Waals surface area contributed by atoms with E-state index in [1.165, 1.54) is 6.07 Å². The van der Waals surface area contributed by atoms with Crippen LogP contribution in [0.15, 0.2) is 41.0 Å². The Labute approximate surface area is 122 Å². The van der Waals surface area contributed by atoms with E-state index in [0.717, 1.165) is 18.7 Å². The van der Waals surface area contributed by atoms with E-state index < -0.39 is 0 Å². The van der Waals surface area contributed by atoms with Crippen LogP contribution in [0.4, 0.5) is 4.39 Å². The summed E-state index contributed by atoms with van der Waals surface area (Å²) in [7, 11) is 0. The molecule has 2 aromatic rings. The van der Waals surface area contributed by atoms with Gasteiger partial charge in [-0.3, -0.25) is 0 Å². The number of halogens is 2. The molecule has 20 heavy (non-hydrogen) atoms. The van der Waals surface area contributed by atoms with E-state index >= 15 is 0 Å². The highest BCUT2D eigenvalue weighted by Crippen LogP contribution is 2.18. The van der Waals surface area contributed by atoms with Gasteiger partial charge in [0.15, 0.2) is 0 Å². The maximum absolute atomic E-state index is 13.5. The minimum atomic E-state index is -0.279. The molecule has 3 nitrogen and oxygen atoms in total. The number of hydrogen-bond acceptors (Lipinski definition) is 3. The van der Waals surface area contributed by atoms with Crippen LogP contribution in [0.2, 0.25) is 5.02 Å². The van der Waals surface area contributed by atoms with Gasteiger partial charge in [0.2, 0.25) is 0 Å². The molecule has 1 N–H and O–H groups in total. The minimum absolute atomic E-state index is 0.279. The third kappa shape index (κ3) is 4.63. The standard InChI is InChI=1S/C15H17ClFNO2/c16-14-5-1-6-15(17)13(14)10-18-7-3-8-19-11-12-4-2-9-20-12/h1-2,4-6,9,18H,3,7-8,10-11H2. The molecule has 1 aromatic carbocycles. The van der Waals surface area contributed by atoms with Gasteiger partial charge in [-0.05, 0) is 37.2 Å². The van der Waals surface area contributed by atoms with Crippen LogP contribution in [0.3, 0.4) is 0 Å². The second-order valence-electron chi connectivity index (χ2n) is 4.36. The Kier molecular flexibility index (Phi) is 6.05. The van der Waals surface area contributed by atoms with E-state index in [1.54, 1.807) is 18.4 Å². The van der Waals surface area contributed by atoms with Crippen molar-refractivity contribution in [1.29, 1.82) is 0 Å². The van der Waals surface area contributed by atoms with Gasteiger partial charge in [-0.1, -0.05) is 17.7 Å². The summed E-state index contributed by atoms with van der Waals surface area (Å²) in [5.41, 5.74) is 0.505. The lowest BCUT2D eigenvalue weighted by Crippen LogP contribution is -2.17. The molecular weight excluding hydrogens is 281 g/mol. The fraction of sp³-hybridized carbons (Fsp3) is 0.333. The summed E-state index contributed by atoms with van der Waals surface area (Å²) in [5, 5.41) is 3.60. The topological polar surface area (TPSA) is 34.4 Å². The molecule has 0 aliphatic heterocycles. The molecule has 0 bridgehead atoms. The number of ether oxygens (including phenoxy) is 1. The molecule has 108 valence electrons. The SMILES string of the molecule is Fc1cccc(Cl)c1CNCCCOCc1ccco1. The Morgan fingerprint density at radius 3 is 2.90 bits per heavy atom. The van der Waals surface area contributed by atoms with Crippen molar-refractivity contribution in [1.82, 2.24) is 5.32 Å². The number of nitrogens with one attached hydrogen (secondary N) is 1. The molecule has 1 heterocycles. The van der Waals surface area contributed by atoms with Crippen LogP contribution in [0.5, 0.6) is 0 Å². The molecule has 0 saturated carbocycles. The van der Waals surface area contributed by atoms with Crippen molar-refractivity contribution >= 4 is 11.6 Å². The molecule has 0 aliphatic carbocycles. The highest BCUT2D eigenvalue weighted by molar-refractivity contribution is 6.31. The van der Waals surface area contributed by atoms with Crippen molar-refractivity contribution in [2.24, 2.45) is 0 Å². The van der Waals surface area contributed by atoms with Gasteiger partial charge in [0.1, 0.15) is 18.2 Å². The summed E-state index contributed by atoms with van der Waals surface area (Å²) in [6.07, 6.45) is 2.46. The van der Waals surface area contributed by atoms with Crippen molar-refractivity contribution in [2.75, 3.05) is 13.2 Å². The molecule has 0 fully saturated rings. The molecule has 0 amide bonds. The average Bonchev–Trinajstić information content (AvgIpc) is 2.93. The van der Waals surface area contributed by atoms with Crippen LogP contribution in [0, 0.1) is 5.82 Å². The molecule has 0 saturated heterocycles. The first-order valence-electron chi connectivity index (χ1n) is 6.51. The predicted octanol–water partition coefficient (Wildman–Crippen LogP) is 3.77. The molecule has 0 atom stereocenters. The first-order valence-corrected chi connectivity index (χ1v) is 6.89. The van der Waals surface area contributed by atoms with Crippen LogP contribution >= 0.6 is 11.6 Å². The Morgan fingerprint density at radius 2 is 2.15 bits per heavy atom. The molecule has 0 unspecified atom stereocenters. The van der Waals surface area contributed by atoms with E-state index in [9.17, 15) is 4.39 Å². The molecule has 2 rings (SSSR count). The zero-order valence-electron chi connectivity index (χ0n) is 11.1. The van der Waals surface area contributed by atoms with E-state index in [0.29, 0.717) is 30.3 Å². The predicted molar refractivity (Wildman–Crippen MR) is 76.1 cm³/mol. The van der Waals surface area contributed by atoms with Gasteiger partial charge in [0.05, 0.1) is 6.26 Å². The van der Waals surface area contributed by atoms with E-state index in [4.69, 9.17) is 20.8 Å². The largest absolute Gasteiger partial charge is 0.467 e. The smallest absolute Gasteiger partial charge is 0.129 e. The lowest BCUT2D eigenvalue weighted by Gasteiger charge is -2.08. The fourth-order valence-corrected chi connectivity index (χ4v) is 2.01.